The van der Waals surface area contributed by atoms with Gasteiger partial charge in [0.05, 0.1) is 29.6 Å². The molecule has 13 heteroatoms. The Morgan fingerprint density at radius 3 is 2.52 bits per heavy atom. The predicted molar refractivity (Wildman–Crippen MR) is 153 cm³/mol. The number of imidazole rings is 1. The lowest BCUT2D eigenvalue weighted by Gasteiger charge is -2.37. The quantitative estimate of drug-likeness (QED) is 0.237. The first-order chi connectivity index (χ1) is 20.2. The summed E-state index contributed by atoms with van der Waals surface area (Å²) in [5, 5.41) is 23.1. The number of rotatable bonds is 9. The van der Waals surface area contributed by atoms with E-state index in [2.05, 4.69) is 26.3 Å². The fourth-order valence-electron chi connectivity index (χ4n) is 5.35. The van der Waals surface area contributed by atoms with Crippen LogP contribution >= 0.6 is 11.6 Å². The number of nitrogens with one attached hydrogen (secondary N) is 4. The van der Waals surface area contributed by atoms with Gasteiger partial charge in [-0.1, -0.05) is 11.6 Å². The lowest BCUT2D eigenvalue weighted by molar-refractivity contribution is -0.127. The molecule has 1 saturated heterocycles. The third-order valence-electron chi connectivity index (χ3n) is 7.86. The number of methoxy groups -OCH3 is 1. The van der Waals surface area contributed by atoms with Crippen molar-refractivity contribution in [1.29, 1.82) is 0 Å². The third kappa shape index (κ3) is 6.20. The Morgan fingerprint density at radius 1 is 1.12 bits per heavy atom. The zero-order valence-electron chi connectivity index (χ0n) is 23.2. The summed E-state index contributed by atoms with van der Waals surface area (Å²) in [4.78, 5) is 29.4. The van der Waals surface area contributed by atoms with Crippen molar-refractivity contribution in [3.05, 3.63) is 64.6 Å². The number of carbonyl (C=O) groups is 2. The number of aromatic nitrogens is 2. The molecule has 1 unspecified atom stereocenters. The number of piperidine rings is 1. The highest BCUT2D eigenvalue weighted by molar-refractivity contribution is 6.34. The van der Waals surface area contributed by atoms with Crippen molar-refractivity contribution in [1.82, 2.24) is 25.5 Å². The standard InChI is InChI=1S/C29H33ClF2N6O4/c1-38-22(20-5-6-23(42-2)25(32)24(20)31)14-34-26(38)29(41)35-16-3-4-19(21(30)13-16)28(40)37-18-11-17(12-18)36-27(39)15-7-9-33-10-8-15/h3-6,13-15,17-18,29,33,35,41H,7-12H2,1-2H3,(H,36,39)(H,37,40). The number of nitrogens with zero attached hydrogens (tertiary/aromatic N) is 2. The van der Waals surface area contributed by atoms with Crippen LogP contribution in [0, 0.1) is 17.6 Å². The number of ether oxygens (including phenoxy) is 1. The molecule has 0 bridgehead atoms. The maximum atomic E-state index is 14.6. The van der Waals surface area contributed by atoms with Gasteiger partial charge < -0.3 is 35.7 Å². The number of benzene rings is 2. The molecule has 2 aromatic carbocycles. The molecule has 224 valence electrons. The van der Waals surface area contributed by atoms with Gasteiger partial charge in [0.1, 0.15) is 0 Å². The van der Waals surface area contributed by atoms with Crippen molar-refractivity contribution in [2.24, 2.45) is 13.0 Å². The van der Waals surface area contributed by atoms with Gasteiger partial charge >= 0.3 is 0 Å². The Kier molecular flexibility index (Phi) is 8.95. The molecule has 2 amide bonds. The number of anilines is 1. The Bertz CT molecular complexity index is 1470. The summed E-state index contributed by atoms with van der Waals surface area (Å²) in [5.41, 5.74) is 0.899. The first-order valence-corrected chi connectivity index (χ1v) is 14.1. The highest BCUT2D eigenvalue weighted by atomic mass is 35.5. The van der Waals surface area contributed by atoms with Gasteiger partial charge in [-0.3, -0.25) is 9.59 Å². The van der Waals surface area contributed by atoms with Crippen LogP contribution in [0.3, 0.4) is 0 Å². The molecule has 2 fully saturated rings. The average Bonchev–Trinajstić information content (AvgIpc) is 3.34. The van der Waals surface area contributed by atoms with Crippen molar-refractivity contribution in [3.8, 4) is 17.0 Å². The number of aliphatic hydroxyl groups is 1. The van der Waals surface area contributed by atoms with E-state index in [-0.39, 0.29) is 63.2 Å². The number of amides is 2. The zero-order valence-corrected chi connectivity index (χ0v) is 24.0. The molecule has 0 radical (unpaired) electrons. The molecule has 5 rings (SSSR count). The minimum absolute atomic E-state index is 0.0397. The molecular weight excluding hydrogens is 570 g/mol. The molecule has 1 atom stereocenters. The van der Waals surface area contributed by atoms with E-state index in [4.69, 9.17) is 16.3 Å². The monoisotopic (exact) mass is 602 g/mol. The van der Waals surface area contributed by atoms with Gasteiger partial charge in [-0.2, -0.15) is 4.39 Å². The Labute approximate surface area is 246 Å². The van der Waals surface area contributed by atoms with E-state index in [1.165, 1.54) is 36.1 Å². The van der Waals surface area contributed by atoms with Gasteiger partial charge in [0, 0.05) is 36.3 Å². The molecule has 1 saturated carbocycles. The molecule has 42 heavy (non-hydrogen) atoms. The van der Waals surface area contributed by atoms with Gasteiger partial charge in [0.2, 0.25) is 11.7 Å². The Balaban J connectivity index is 1.16. The molecule has 1 aliphatic carbocycles. The van der Waals surface area contributed by atoms with E-state index in [0.29, 0.717) is 18.5 Å². The van der Waals surface area contributed by atoms with E-state index >= 15 is 0 Å². The Hall–Kier alpha value is -3.74. The minimum Gasteiger partial charge on any atom is -0.494 e. The van der Waals surface area contributed by atoms with Crippen LogP contribution in [-0.2, 0) is 11.8 Å². The number of aliphatic hydroxyl groups excluding tert-OH is 1. The van der Waals surface area contributed by atoms with Gasteiger partial charge in [-0.25, -0.2) is 9.37 Å². The molecule has 1 aromatic heterocycles. The lowest BCUT2D eigenvalue weighted by Crippen LogP contribution is -2.55. The summed E-state index contributed by atoms with van der Waals surface area (Å²) in [6.45, 7) is 1.71. The fourth-order valence-corrected chi connectivity index (χ4v) is 5.61. The van der Waals surface area contributed by atoms with Crippen LogP contribution in [0.1, 0.15) is 48.1 Å². The zero-order chi connectivity index (χ0) is 30.0. The van der Waals surface area contributed by atoms with Gasteiger partial charge in [-0.05, 0) is 69.1 Å². The fraction of sp³-hybridized carbons (Fsp3) is 0.414. The summed E-state index contributed by atoms with van der Waals surface area (Å²) in [5.74, 6) is -2.48. The van der Waals surface area contributed by atoms with E-state index in [1.807, 2.05) is 0 Å². The SMILES string of the molecule is COc1ccc(-c2cnc(C(O)Nc3ccc(C(=O)NC4CC(NC(=O)C5CCNCC5)C4)c(Cl)c3)n2C)c(F)c1F. The summed E-state index contributed by atoms with van der Waals surface area (Å²) < 4.78 is 35.1. The van der Waals surface area contributed by atoms with Crippen LogP contribution in [0.25, 0.3) is 11.3 Å². The number of carbonyl (C=O) groups excluding carboxylic acids is 2. The van der Waals surface area contributed by atoms with E-state index in [9.17, 15) is 23.5 Å². The van der Waals surface area contributed by atoms with E-state index in [0.717, 1.165) is 25.9 Å². The van der Waals surface area contributed by atoms with Crippen LogP contribution in [-0.4, -0.2) is 58.8 Å². The maximum absolute atomic E-state index is 14.6. The molecular formula is C29H33ClF2N6O4. The largest absolute Gasteiger partial charge is 0.494 e. The molecule has 10 nitrogen and oxygen atoms in total. The number of hydrogen-bond donors (Lipinski definition) is 5. The van der Waals surface area contributed by atoms with Crippen molar-refractivity contribution in [3.63, 3.8) is 0 Å². The summed E-state index contributed by atoms with van der Waals surface area (Å²) in [6.07, 6.45) is 3.00. The van der Waals surface area contributed by atoms with E-state index in [1.54, 1.807) is 19.2 Å². The second-order valence-electron chi connectivity index (χ2n) is 10.6. The molecule has 1 aliphatic heterocycles. The van der Waals surface area contributed by atoms with E-state index < -0.39 is 17.9 Å². The van der Waals surface area contributed by atoms with Crippen LogP contribution < -0.4 is 26.0 Å². The summed E-state index contributed by atoms with van der Waals surface area (Å²) >= 11 is 6.40. The van der Waals surface area contributed by atoms with Gasteiger partial charge in [0.15, 0.2) is 23.6 Å². The molecule has 2 heterocycles. The molecule has 5 N–H and O–H groups in total. The maximum Gasteiger partial charge on any atom is 0.253 e. The van der Waals surface area contributed by atoms with Crippen LogP contribution in [0.2, 0.25) is 5.02 Å². The predicted octanol–water partition coefficient (Wildman–Crippen LogP) is 3.51. The second-order valence-corrected chi connectivity index (χ2v) is 11.0. The highest BCUT2D eigenvalue weighted by Gasteiger charge is 2.33. The van der Waals surface area contributed by atoms with Gasteiger partial charge in [0.25, 0.3) is 5.91 Å². The second kappa shape index (κ2) is 12.6. The topological polar surface area (TPSA) is 130 Å². The highest BCUT2D eigenvalue weighted by Crippen LogP contribution is 2.31. The van der Waals surface area contributed by atoms with Crippen LogP contribution in [0.4, 0.5) is 14.5 Å². The molecule has 3 aromatic rings. The molecule has 2 aliphatic rings. The number of hydrogen-bond acceptors (Lipinski definition) is 7. The summed E-state index contributed by atoms with van der Waals surface area (Å²) in [7, 11) is 2.81. The molecule has 0 spiro atoms. The smallest absolute Gasteiger partial charge is 0.253 e. The van der Waals surface area contributed by atoms with Crippen molar-refractivity contribution >= 4 is 29.1 Å². The van der Waals surface area contributed by atoms with Crippen molar-refractivity contribution in [2.75, 3.05) is 25.5 Å². The van der Waals surface area contributed by atoms with Crippen LogP contribution in [0.5, 0.6) is 5.75 Å². The normalized spacial score (nSPS) is 19.5. The number of halogens is 3. The lowest BCUT2D eigenvalue weighted by atomic mass is 9.85. The minimum atomic E-state index is -1.32. The Morgan fingerprint density at radius 2 is 1.83 bits per heavy atom. The summed E-state index contributed by atoms with van der Waals surface area (Å²) in [6, 6.07) is 7.31. The first kappa shape index (κ1) is 29.7. The van der Waals surface area contributed by atoms with Crippen molar-refractivity contribution in [2.45, 2.75) is 44.0 Å². The third-order valence-corrected chi connectivity index (χ3v) is 8.17. The average molecular weight is 603 g/mol. The van der Waals surface area contributed by atoms with Crippen molar-refractivity contribution < 1.29 is 28.2 Å². The van der Waals surface area contributed by atoms with Crippen LogP contribution in [0.15, 0.2) is 36.5 Å². The first-order valence-electron chi connectivity index (χ1n) is 13.8. The van der Waals surface area contributed by atoms with Gasteiger partial charge in [-0.15, -0.1) is 0 Å².